The second-order valence-corrected chi connectivity index (χ2v) is 15.6. The summed E-state index contributed by atoms with van der Waals surface area (Å²) in [4.78, 5) is 14.7. The highest BCUT2D eigenvalue weighted by atomic mass is 16.5. The van der Waals surface area contributed by atoms with Gasteiger partial charge in [0.25, 0.3) is 0 Å². The van der Waals surface area contributed by atoms with Gasteiger partial charge in [0.05, 0.1) is 26.2 Å². The zero-order valence-electron chi connectivity index (χ0n) is 36.5. The van der Waals surface area contributed by atoms with Crippen LogP contribution in [-0.4, -0.2) is 60.5 Å². The Hall–Kier alpha value is -1.97. The third-order valence-corrected chi connectivity index (χ3v) is 10.5. The van der Waals surface area contributed by atoms with Crippen molar-refractivity contribution in [2.45, 2.75) is 214 Å². The Bertz CT molecular complexity index is 862. The maximum atomic E-state index is 12.3. The smallest absolute Gasteiger partial charge is 0.306 e. The quantitative estimate of drug-likeness (QED) is 0.0280. The van der Waals surface area contributed by atoms with Crippen LogP contribution in [0.3, 0.4) is 0 Å². The highest BCUT2D eigenvalue weighted by molar-refractivity contribution is 5.70. The minimum absolute atomic E-state index is 0.0553. The Morgan fingerprint density at radius 2 is 1.00 bits per heavy atom. The van der Waals surface area contributed by atoms with E-state index in [2.05, 4.69) is 50.3 Å². The Kier molecular flexibility index (Phi) is 45.5. The van der Waals surface area contributed by atoms with Gasteiger partial charge in [-0.15, -0.1) is 0 Å². The number of hydrogen-bond acceptors (Lipinski definition) is 6. The summed E-state index contributed by atoms with van der Waals surface area (Å²) in [6.07, 6.45) is 38.0. The second-order valence-electron chi connectivity index (χ2n) is 15.6. The maximum absolute atomic E-state index is 12.3. The lowest BCUT2D eigenvalue weighted by atomic mass is 9.89. The number of carbonyl (C=O) groups is 1. The van der Waals surface area contributed by atoms with E-state index in [1.807, 2.05) is 6.92 Å². The molecular weight excluding hydrogens is 671 g/mol. The summed E-state index contributed by atoms with van der Waals surface area (Å²) >= 11 is 0. The molecule has 0 spiro atoms. The molecule has 1 atom stereocenters. The first-order chi connectivity index (χ1) is 26.4. The molecule has 1 unspecified atom stereocenters. The number of aliphatic hydroxyl groups excluding tert-OH is 2. The lowest BCUT2D eigenvalue weighted by molar-refractivity contribution is -0.144. The Labute approximate surface area is 336 Å². The average Bonchev–Trinajstić information content (AvgIpc) is 3.17. The normalized spacial score (nSPS) is 11.5. The van der Waals surface area contributed by atoms with Crippen LogP contribution in [0.5, 0.6) is 0 Å². The molecule has 0 rings (SSSR count). The van der Waals surface area contributed by atoms with Crippen molar-refractivity contribution in [2.75, 3.05) is 39.5 Å². The molecule has 54 heavy (non-hydrogen) atoms. The lowest BCUT2D eigenvalue weighted by Crippen LogP contribution is -2.29. The van der Waals surface area contributed by atoms with E-state index in [1.54, 1.807) is 0 Å². The van der Waals surface area contributed by atoms with Crippen LogP contribution < -0.4 is 0 Å². The van der Waals surface area contributed by atoms with E-state index in [4.69, 9.17) is 14.6 Å². The SMILES string of the molecule is C=C=C(OCCCCC)C(C)CC(=O)OCCCCCCCN(CCO)CCCCCCCC(CCCCCCCC)CCCCCCCC.C=C=CO. The number of aliphatic hydroxyl groups is 2. The van der Waals surface area contributed by atoms with Crippen molar-refractivity contribution in [3.8, 4) is 0 Å². The van der Waals surface area contributed by atoms with E-state index < -0.39 is 0 Å². The van der Waals surface area contributed by atoms with Crippen LogP contribution in [0, 0.1) is 11.8 Å². The predicted molar refractivity (Wildman–Crippen MR) is 233 cm³/mol. The van der Waals surface area contributed by atoms with Gasteiger partial charge in [0, 0.05) is 12.5 Å². The summed E-state index contributed by atoms with van der Waals surface area (Å²) in [5.74, 6) is 1.41. The van der Waals surface area contributed by atoms with E-state index in [9.17, 15) is 9.90 Å². The molecule has 6 heteroatoms. The number of hydrogen-bond donors (Lipinski definition) is 2. The van der Waals surface area contributed by atoms with Crippen LogP contribution in [0.2, 0.25) is 0 Å². The molecule has 0 aliphatic carbocycles. The first kappa shape index (κ1) is 54.1. The zero-order chi connectivity index (χ0) is 40.2. The number of unbranched alkanes of at least 4 members (excludes halogenated alkanes) is 20. The van der Waals surface area contributed by atoms with Crippen LogP contribution in [0.4, 0.5) is 0 Å². The lowest BCUT2D eigenvalue weighted by Gasteiger charge is -2.21. The van der Waals surface area contributed by atoms with E-state index >= 15 is 0 Å². The molecule has 0 heterocycles. The van der Waals surface area contributed by atoms with Crippen LogP contribution in [0.1, 0.15) is 214 Å². The number of ether oxygens (including phenoxy) is 2. The molecule has 0 amide bonds. The number of carbonyl (C=O) groups excluding carboxylic acids is 1. The third-order valence-electron chi connectivity index (χ3n) is 10.5. The summed E-state index contributed by atoms with van der Waals surface area (Å²) < 4.78 is 11.3. The number of allylic oxidation sites excluding steroid dienone is 1. The van der Waals surface area contributed by atoms with E-state index in [0.717, 1.165) is 70.3 Å². The van der Waals surface area contributed by atoms with Gasteiger partial charge in [0.2, 0.25) is 0 Å². The molecule has 0 bridgehead atoms. The first-order valence-corrected chi connectivity index (χ1v) is 22.9. The van der Waals surface area contributed by atoms with Gasteiger partial charge in [-0.25, -0.2) is 0 Å². The summed E-state index contributed by atoms with van der Waals surface area (Å²) in [5.41, 5.74) is 4.97. The van der Waals surface area contributed by atoms with Crippen molar-refractivity contribution in [3.63, 3.8) is 0 Å². The van der Waals surface area contributed by atoms with Crippen LogP contribution >= 0.6 is 0 Å². The van der Waals surface area contributed by atoms with Crippen molar-refractivity contribution in [2.24, 2.45) is 11.8 Å². The Morgan fingerprint density at radius 1 is 0.611 bits per heavy atom. The molecule has 318 valence electrons. The largest absolute Gasteiger partial charge is 0.507 e. The average molecular weight is 762 g/mol. The fourth-order valence-electron chi connectivity index (χ4n) is 7.09. The molecule has 0 radical (unpaired) electrons. The summed E-state index contributed by atoms with van der Waals surface area (Å²) in [5, 5.41) is 17.2. The maximum Gasteiger partial charge on any atom is 0.306 e. The number of rotatable bonds is 40. The number of esters is 1. The van der Waals surface area contributed by atoms with Crippen LogP contribution in [0.25, 0.3) is 0 Å². The van der Waals surface area contributed by atoms with Gasteiger partial charge >= 0.3 is 5.97 Å². The molecule has 0 aromatic carbocycles. The van der Waals surface area contributed by atoms with Crippen LogP contribution in [0.15, 0.2) is 36.6 Å². The summed E-state index contributed by atoms with van der Waals surface area (Å²) in [6.45, 7) is 19.9. The minimum Gasteiger partial charge on any atom is -0.507 e. The monoisotopic (exact) mass is 762 g/mol. The molecule has 0 aliphatic rings. The second kappa shape index (κ2) is 45.4. The van der Waals surface area contributed by atoms with Gasteiger partial charge in [0.15, 0.2) is 0 Å². The Balaban J connectivity index is 0. The van der Waals surface area contributed by atoms with E-state index in [1.165, 1.54) is 141 Å². The molecule has 0 aliphatic heterocycles. The fourth-order valence-corrected chi connectivity index (χ4v) is 7.09. The first-order valence-electron chi connectivity index (χ1n) is 22.9. The zero-order valence-corrected chi connectivity index (χ0v) is 36.5. The Morgan fingerprint density at radius 3 is 1.44 bits per heavy atom. The van der Waals surface area contributed by atoms with Crippen molar-refractivity contribution >= 4 is 5.97 Å². The van der Waals surface area contributed by atoms with Gasteiger partial charge < -0.3 is 24.6 Å². The van der Waals surface area contributed by atoms with Gasteiger partial charge in [-0.05, 0) is 44.7 Å². The van der Waals surface area contributed by atoms with Gasteiger partial charge in [-0.1, -0.05) is 206 Å². The van der Waals surface area contributed by atoms with E-state index in [-0.39, 0.29) is 18.5 Å². The van der Waals surface area contributed by atoms with Gasteiger partial charge in [0.1, 0.15) is 12.0 Å². The van der Waals surface area contributed by atoms with E-state index in [0.29, 0.717) is 25.4 Å². The third kappa shape index (κ3) is 39.7. The molecule has 0 aromatic rings. The summed E-state index contributed by atoms with van der Waals surface area (Å²) in [6, 6.07) is 0. The predicted octanol–water partition coefficient (Wildman–Crippen LogP) is 14.0. The molecular formula is C48H91NO5. The van der Waals surface area contributed by atoms with Gasteiger partial charge in [-0.3, -0.25) is 4.79 Å². The van der Waals surface area contributed by atoms with Crippen molar-refractivity contribution in [3.05, 3.63) is 36.6 Å². The fraction of sp³-hybridized carbons (Fsp3) is 0.854. The van der Waals surface area contributed by atoms with Crippen molar-refractivity contribution in [1.29, 1.82) is 0 Å². The van der Waals surface area contributed by atoms with Crippen molar-refractivity contribution in [1.82, 2.24) is 4.90 Å². The van der Waals surface area contributed by atoms with Crippen molar-refractivity contribution < 1.29 is 24.5 Å². The summed E-state index contributed by atoms with van der Waals surface area (Å²) in [7, 11) is 0. The minimum atomic E-state index is -0.168. The van der Waals surface area contributed by atoms with Gasteiger partial charge in [-0.2, -0.15) is 0 Å². The molecule has 0 saturated heterocycles. The van der Waals surface area contributed by atoms with Crippen LogP contribution in [-0.2, 0) is 14.3 Å². The molecule has 0 saturated carbocycles. The highest BCUT2D eigenvalue weighted by Gasteiger charge is 2.16. The molecule has 6 nitrogen and oxygen atoms in total. The molecule has 2 N–H and O–H groups in total. The topological polar surface area (TPSA) is 79.2 Å². The number of nitrogens with zero attached hydrogens (tertiary/aromatic N) is 1. The standard InChI is InChI=1S/C45H87NO4.C3H4O/c1-6-10-13-15-19-25-32-43(33-26-20-16-14-11-7-2)34-27-21-17-22-28-35-46(37-38-47)36-29-23-18-24-31-40-50-45(48)41-42(5)44(9-4)49-39-30-12-8-3;1-2-3-4/h42-43,47H,4,6-8,10-41H2,1-3,5H3;3-4H,1H2. The highest BCUT2D eigenvalue weighted by Crippen LogP contribution is 2.25. The molecule has 0 fully saturated rings. The molecule has 0 aromatic heterocycles.